The summed E-state index contributed by atoms with van der Waals surface area (Å²) in [7, 11) is -3.40. The average Bonchev–Trinajstić information content (AvgIpc) is 2.94. The van der Waals surface area contributed by atoms with Gasteiger partial charge in [0.25, 0.3) is 0 Å². The van der Waals surface area contributed by atoms with Crippen LogP contribution in [0.1, 0.15) is 128 Å². The summed E-state index contributed by atoms with van der Waals surface area (Å²) in [6.45, 7) is 19.1. The van der Waals surface area contributed by atoms with Gasteiger partial charge in [0.15, 0.2) is 0 Å². The first-order chi connectivity index (χ1) is 21.1. The summed E-state index contributed by atoms with van der Waals surface area (Å²) in [6, 6.07) is 0. The first-order valence-corrected chi connectivity index (χ1v) is 18.8. The zero-order valence-electron chi connectivity index (χ0n) is 52.1. The van der Waals surface area contributed by atoms with E-state index in [0.717, 1.165) is 98.6 Å². The van der Waals surface area contributed by atoms with E-state index in [1.54, 1.807) is 0 Å². The van der Waals surface area contributed by atoms with Crippen molar-refractivity contribution >= 4 is 13.7 Å². The minimum absolute atomic E-state index is 0. The van der Waals surface area contributed by atoms with E-state index < -0.39 is 13.7 Å². The largest absolute Gasteiger partial charge is 0.487 e. The smallest absolute Gasteiger partial charge is 0.412 e. The predicted octanol–water partition coefficient (Wildman–Crippen LogP) is 10.3. The molecule has 371 valence electrons. The Morgan fingerprint density at radius 2 is 0.845 bits per heavy atom. The number of carbonyl (C=O) groups excluding carboxylic acids is 1. The number of hydrogen-bond acceptors (Lipinski definition) is 5. The van der Waals surface area contributed by atoms with Gasteiger partial charge in [-0.2, -0.15) is 0 Å². The number of carbonyl (C=O) groups is 1. The Bertz CT molecular complexity index is 1350. The van der Waals surface area contributed by atoms with Gasteiger partial charge in [-0.3, -0.25) is 4.57 Å². The molecule has 0 saturated carbocycles. The number of ether oxygens (including phenoxy) is 2. The van der Waals surface area contributed by atoms with Gasteiger partial charge >= 0.3 is 13.7 Å². The third kappa shape index (κ3) is 148. The molecule has 1 aliphatic rings. The quantitative estimate of drug-likeness (QED) is 0.0864. The fourth-order valence-electron chi connectivity index (χ4n) is 5.71. The molecule has 1 heterocycles. The SMILES string of the molecule is CC(C)=CCC/C(C)=C/CC/C(C)=C/CC[C@]1(C)CCc2c(C)c(OC(=O)NCCCCCCOP(C)(=O)O)c(C)c(C)c2O1.[Y].[Y].[Y].[Y].[Y].[Y].[Y].[Y].[Y].[Y].[Y].[Y].[Y].[Y].[Y].[Y].[Y].[Y].[Y].[Y].[Y].[Y].[Y].[Y].[Y].[Y].[Y].[Y].[Y].[Y].[Y].[Y].[Y].[Y].[Y].[Y].[Y].[Y].[Y]. The summed E-state index contributed by atoms with van der Waals surface area (Å²) in [6.07, 6.45) is 18.1. The molecule has 0 fully saturated rings. The number of fused-ring (bicyclic) bond motifs is 1. The van der Waals surface area contributed by atoms with Crippen molar-refractivity contribution in [2.45, 2.75) is 138 Å². The van der Waals surface area contributed by atoms with E-state index in [1.807, 2.05) is 13.8 Å². The van der Waals surface area contributed by atoms with E-state index in [-0.39, 0.29) is 1290 Å². The maximum absolute atomic E-state index is 12.6. The Morgan fingerprint density at radius 1 is 0.512 bits per heavy atom. The Hall–Kier alpha value is 40.7. The number of unbranched alkanes of at least 4 members (excludes halogenated alkanes) is 3. The molecule has 2 atom stereocenters. The summed E-state index contributed by atoms with van der Waals surface area (Å²) in [5, 5.41) is 2.86. The Labute approximate surface area is 1500 Å². The molecule has 0 aromatic heterocycles. The number of benzene rings is 1. The summed E-state index contributed by atoms with van der Waals surface area (Å²) >= 11 is 0. The van der Waals surface area contributed by atoms with Crippen LogP contribution in [0.3, 0.4) is 0 Å². The molecule has 2 rings (SSSR count). The molecule has 0 aliphatic carbocycles. The van der Waals surface area contributed by atoms with Crippen molar-refractivity contribution in [1.29, 1.82) is 0 Å². The number of nitrogens with one attached hydrogen (secondary N) is 1. The van der Waals surface area contributed by atoms with Crippen molar-refractivity contribution in [3.8, 4) is 11.5 Å². The molecule has 1 aromatic carbocycles. The standard InChI is InChI=1S/C37H60NO6P.39Y/c1-27(2)17-14-18-28(3)19-15-20-29(4)21-16-23-37(8)24-22-33-32(7)34(30(5)31(6)35(33)44-37)43-36(39)38-25-12-10-11-13-26-42-45(9,40)41;;;;;;;;;;;;;;;;;;;;;;;;;;;;;;;;;;;;;;;/h17,19,21H,10-16,18,20,22-26H2,1-9H3,(H,38,39)(H,40,41);;;;;;;;;;;;;;;;;;;;;;;;;;;;;;;;;;;;;;;/b28-19+,29-21+;;;;;;;;;;;;;;;;;;;;;;;;;;;;;;;;;;;;;;;/t37-;;;;;;;;;;;;;;;;;;;;;;;;;;;;;;;;;;;;;;;/m1......................................./s1. The van der Waals surface area contributed by atoms with Crippen LogP contribution in [0.2, 0.25) is 0 Å². The van der Waals surface area contributed by atoms with Crippen LogP contribution in [0.5, 0.6) is 11.5 Å². The van der Waals surface area contributed by atoms with Crippen molar-refractivity contribution in [2.24, 2.45) is 0 Å². The maximum Gasteiger partial charge on any atom is 0.412 e. The van der Waals surface area contributed by atoms with E-state index >= 15 is 0 Å². The first-order valence-electron chi connectivity index (χ1n) is 16.8. The van der Waals surface area contributed by atoms with Crippen molar-refractivity contribution in [1.82, 2.24) is 5.32 Å². The molecule has 84 heavy (non-hydrogen) atoms. The van der Waals surface area contributed by atoms with Gasteiger partial charge in [-0.05, 0) is 136 Å². The van der Waals surface area contributed by atoms with E-state index in [2.05, 4.69) is 65.1 Å². The van der Waals surface area contributed by atoms with Crippen LogP contribution in [0.25, 0.3) is 0 Å². The third-order valence-electron chi connectivity index (χ3n) is 8.72. The minimum atomic E-state index is -3.40. The van der Waals surface area contributed by atoms with Crippen molar-refractivity contribution in [3.63, 3.8) is 0 Å². The molecular weight excluding hydrogens is 4050 g/mol. The topological polar surface area (TPSA) is 94.1 Å². The van der Waals surface area contributed by atoms with Crippen molar-refractivity contribution in [3.05, 3.63) is 57.2 Å². The molecule has 0 bridgehead atoms. The Kier molecular flexibility index (Phi) is 523. The van der Waals surface area contributed by atoms with Crippen LogP contribution in [0.15, 0.2) is 34.9 Å². The van der Waals surface area contributed by atoms with Gasteiger partial charge in [0.1, 0.15) is 17.1 Å². The first kappa shape index (κ1) is 254. The maximum atomic E-state index is 12.6. The van der Waals surface area contributed by atoms with E-state index in [1.165, 1.54) is 23.4 Å². The van der Waals surface area contributed by atoms with Gasteiger partial charge in [-0.1, -0.05) is 47.8 Å². The van der Waals surface area contributed by atoms with Gasteiger partial charge in [-0.25, -0.2) is 4.79 Å². The van der Waals surface area contributed by atoms with Crippen LogP contribution >= 0.6 is 7.60 Å². The summed E-state index contributed by atoms with van der Waals surface area (Å²) in [5.41, 5.74) is 8.15. The number of allylic oxidation sites excluding steroid dienone is 6. The van der Waals surface area contributed by atoms with Gasteiger partial charge in [0.05, 0.1) is 6.61 Å². The van der Waals surface area contributed by atoms with E-state index in [0.29, 0.717) is 18.7 Å². The van der Waals surface area contributed by atoms with Crippen LogP contribution in [0, 0.1) is 20.8 Å². The van der Waals surface area contributed by atoms with Crippen molar-refractivity contribution in [2.75, 3.05) is 19.8 Å². The van der Waals surface area contributed by atoms with Crippen LogP contribution in [-0.2, 0) is 1290 Å². The molecule has 1 aliphatic heterocycles. The number of hydrogen-bond donors (Lipinski definition) is 2. The van der Waals surface area contributed by atoms with Gasteiger partial charge < -0.3 is 24.2 Å². The zero-order chi connectivity index (χ0) is 33.6. The third-order valence-corrected chi connectivity index (χ3v) is 9.38. The summed E-state index contributed by atoms with van der Waals surface area (Å²) in [4.78, 5) is 21.8. The number of amides is 1. The number of rotatable bonds is 18. The predicted molar refractivity (Wildman–Crippen MR) is 187 cm³/mol. The van der Waals surface area contributed by atoms with E-state index in [4.69, 9.17) is 18.9 Å². The van der Waals surface area contributed by atoms with Crippen LogP contribution < -0.4 is 14.8 Å². The monoisotopic (exact) mass is 4110 g/mol. The van der Waals surface area contributed by atoms with Crippen LogP contribution in [0.4, 0.5) is 4.79 Å². The molecule has 47 heteroatoms. The van der Waals surface area contributed by atoms with E-state index in [9.17, 15) is 9.36 Å². The molecule has 0 saturated heterocycles. The normalized spacial score (nSPS) is 9.69. The van der Waals surface area contributed by atoms with Gasteiger partial charge in [0.2, 0.25) is 0 Å². The van der Waals surface area contributed by atoms with Gasteiger partial charge in [0, 0.05) is 1290 Å². The fraction of sp³-hybridized carbons (Fsp3) is 0.649. The average molecular weight is 4110 g/mol. The second-order valence-corrected chi connectivity index (χ2v) is 15.3. The van der Waals surface area contributed by atoms with Crippen molar-refractivity contribution < 1.29 is 1300 Å². The molecule has 0 spiro atoms. The minimum Gasteiger partial charge on any atom is -0.487 e. The Balaban J connectivity index is -0.0000000151. The Morgan fingerprint density at radius 3 is 1.19 bits per heavy atom. The molecule has 1 unspecified atom stereocenters. The van der Waals surface area contributed by atoms with Gasteiger partial charge in [-0.15, -0.1) is 0 Å². The zero-order valence-corrected chi connectivity index (χ0v) is 164. The molecule has 1 amide bonds. The molecular formula is C37H60NO6PY39. The summed E-state index contributed by atoms with van der Waals surface area (Å²) in [5.74, 6) is 1.58. The summed E-state index contributed by atoms with van der Waals surface area (Å²) < 4.78 is 28.6. The second kappa shape index (κ2) is 173. The van der Waals surface area contributed by atoms with Crippen LogP contribution in [-0.4, -0.2) is 36.4 Å². The molecule has 1 aromatic rings. The molecule has 2 N–H and O–H groups in total. The molecule has 7 nitrogen and oxygen atoms in total. The molecule has 39 radical (unpaired) electrons. The second-order valence-electron chi connectivity index (χ2n) is 13.4. The fourth-order valence-corrected chi connectivity index (χ4v) is 6.18.